The third kappa shape index (κ3) is 3.29. The van der Waals surface area contributed by atoms with Gasteiger partial charge >= 0.3 is 0 Å². The van der Waals surface area contributed by atoms with Gasteiger partial charge < -0.3 is 9.30 Å². The number of ketones is 1. The zero-order valence-corrected chi connectivity index (χ0v) is 16.1. The second kappa shape index (κ2) is 7.69. The predicted octanol–water partition coefficient (Wildman–Crippen LogP) is 4.95. The van der Waals surface area contributed by atoms with E-state index in [0.29, 0.717) is 12.2 Å². The average molecular weight is 370 g/mol. The van der Waals surface area contributed by atoms with E-state index in [4.69, 9.17) is 4.74 Å². The lowest BCUT2D eigenvalue weighted by Gasteiger charge is -2.08. The van der Waals surface area contributed by atoms with Crippen molar-refractivity contribution in [3.05, 3.63) is 95.4 Å². The summed E-state index contributed by atoms with van der Waals surface area (Å²) in [5.74, 6) is 0.765. The molecule has 0 spiro atoms. The van der Waals surface area contributed by atoms with E-state index in [9.17, 15) is 4.79 Å². The lowest BCUT2D eigenvalue weighted by Crippen LogP contribution is -2.06. The Kier molecular flexibility index (Phi) is 4.94. The third-order valence-corrected chi connectivity index (χ3v) is 5.05. The van der Waals surface area contributed by atoms with E-state index in [1.165, 1.54) is 0 Å². The van der Waals surface area contributed by atoms with Crippen molar-refractivity contribution >= 4 is 16.7 Å². The van der Waals surface area contributed by atoms with Crippen molar-refractivity contribution in [2.45, 2.75) is 20.0 Å². The van der Waals surface area contributed by atoms with Crippen LogP contribution in [-0.2, 0) is 20.1 Å². The van der Waals surface area contributed by atoms with Crippen molar-refractivity contribution in [3.8, 4) is 5.75 Å². The second-order valence-corrected chi connectivity index (χ2v) is 6.75. The van der Waals surface area contributed by atoms with Gasteiger partial charge in [-0.25, -0.2) is 0 Å². The molecule has 0 unspecified atom stereocenters. The van der Waals surface area contributed by atoms with Crippen molar-refractivity contribution in [2.24, 2.45) is 7.05 Å². The number of carbonyl (C=O) groups is 1. The molecule has 4 aromatic rings. The van der Waals surface area contributed by atoms with Gasteiger partial charge in [-0.2, -0.15) is 0 Å². The zero-order valence-electron chi connectivity index (χ0n) is 16.1. The minimum Gasteiger partial charge on any atom is -0.489 e. The van der Waals surface area contributed by atoms with Crippen LogP contribution < -0.4 is 4.74 Å². The molecule has 0 aliphatic heterocycles. The van der Waals surface area contributed by atoms with Gasteiger partial charge in [0.25, 0.3) is 0 Å². The number of carbonyl (C=O) groups excluding carboxylic acids is 1. The number of aryl methyl sites for hydroxylation is 1. The van der Waals surface area contributed by atoms with Gasteiger partial charge in [0, 0.05) is 36.1 Å². The molecule has 0 aliphatic carbocycles. The smallest absolute Gasteiger partial charge is 0.195 e. The Hall–Kier alpha value is -3.40. The zero-order chi connectivity index (χ0) is 19.5. The molecule has 140 valence electrons. The SMILES string of the molecule is CCc1c(C(=O)c2ccc(OCc3ccccc3)cc2)c2cnccc2n1C. The molecule has 0 fully saturated rings. The quantitative estimate of drug-likeness (QED) is 0.451. The molecule has 4 nitrogen and oxygen atoms in total. The summed E-state index contributed by atoms with van der Waals surface area (Å²) in [7, 11) is 2.00. The fraction of sp³-hybridized carbons (Fsp3) is 0.167. The molecule has 0 saturated carbocycles. The number of benzene rings is 2. The Morgan fingerprint density at radius 3 is 2.50 bits per heavy atom. The van der Waals surface area contributed by atoms with Gasteiger partial charge in [0.1, 0.15) is 12.4 Å². The number of pyridine rings is 1. The summed E-state index contributed by atoms with van der Waals surface area (Å²) in [5, 5.41) is 0.899. The summed E-state index contributed by atoms with van der Waals surface area (Å²) in [5.41, 5.74) is 4.55. The van der Waals surface area contributed by atoms with Crippen LogP contribution in [0.25, 0.3) is 10.9 Å². The van der Waals surface area contributed by atoms with Gasteiger partial charge in [-0.3, -0.25) is 9.78 Å². The van der Waals surface area contributed by atoms with Crippen LogP contribution in [0.2, 0.25) is 0 Å². The Bertz CT molecular complexity index is 1110. The Labute approximate surface area is 164 Å². The summed E-state index contributed by atoms with van der Waals surface area (Å²) in [6.45, 7) is 2.57. The van der Waals surface area contributed by atoms with Gasteiger partial charge in [0.15, 0.2) is 5.78 Å². The molecule has 0 bridgehead atoms. The van der Waals surface area contributed by atoms with Gasteiger partial charge in [0.05, 0.1) is 11.1 Å². The van der Waals surface area contributed by atoms with E-state index < -0.39 is 0 Å². The van der Waals surface area contributed by atoms with E-state index >= 15 is 0 Å². The van der Waals surface area contributed by atoms with Crippen LogP contribution in [0, 0.1) is 0 Å². The van der Waals surface area contributed by atoms with Gasteiger partial charge in [-0.1, -0.05) is 37.3 Å². The highest BCUT2D eigenvalue weighted by Crippen LogP contribution is 2.28. The lowest BCUT2D eigenvalue weighted by molar-refractivity contribution is 0.103. The highest BCUT2D eigenvalue weighted by molar-refractivity contribution is 6.17. The molecule has 0 amide bonds. The monoisotopic (exact) mass is 370 g/mol. The van der Waals surface area contributed by atoms with Crippen molar-refractivity contribution in [2.75, 3.05) is 0 Å². The first-order valence-corrected chi connectivity index (χ1v) is 9.41. The molecule has 4 heteroatoms. The topological polar surface area (TPSA) is 44.1 Å². The molecule has 28 heavy (non-hydrogen) atoms. The fourth-order valence-electron chi connectivity index (χ4n) is 3.60. The van der Waals surface area contributed by atoms with Crippen LogP contribution in [0.4, 0.5) is 0 Å². The molecule has 0 atom stereocenters. The summed E-state index contributed by atoms with van der Waals surface area (Å²) in [6, 6.07) is 19.3. The van der Waals surface area contributed by atoms with Gasteiger partial charge in [0.2, 0.25) is 0 Å². The first-order chi connectivity index (χ1) is 13.7. The molecule has 0 aliphatic rings. The Balaban J connectivity index is 1.60. The van der Waals surface area contributed by atoms with Crippen molar-refractivity contribution in [1.29, 1.82) is 0 Å². The number of hydrogen-bond donors (Lipinski definition) is 0. The van der Waals surface area contributed by atoms with Gasteiger partial charge in [-0.05, 0) is 42.3 Å². The Morgan fingerprint density at radius 2 is 1.79 bits per heavy atom. The highest BCUT2D eigenvalue weighted by Gasteiger charge is 2.21. The largest absolute Gasteiger partial charge is 0.489 e. The molecule has 2 aromatic carbocycles. The average Bonchev–Trinajstić information content (AvgIpc) is 3.05. The maximum absolute atomic E-state index is 13.3. The number of rotatable bonds is 6. The maximum atomic E-state index is 13.3. The molecule has 2 aromatic heterocycles. The Morgan fingerprint density at radius 1 is 1.04 bits per heavy atom. The van der Waals surface area contributed by atoms with Crippen molar-refractivity contribution in [1.82, 2.24) is 9.55 Å². The number of hydrogen-bond acceptors (Lipinski definition) is 3. The van der Waals surface area contributed by atoms with E-state index in [2.05, 4.69) is 16.5 Å². The molecule has 2 heterocycles. The molecular weight excluding hydrogens is 348 g/mol. The normalized spacial score (nSPS) is 10.9. The molecule has 4 rings (SSSR count). The first kappa shape index (κ1) is 18.0. The number of ether oxygens (including phenoxy) is 1. The minimum absolute atomic E-state index is 0.0186. The molecule has 0 N–H and O–H groups in total. The summed E-state index contributed by atoms with van der Waals surface area (Å²) in [6.07, 6.45) is 4.32. The minimum atomic E-state index is 0.0186. The predicted molar refractivity (Wildman–Crippen MR) is 111 cm³/mol. The van der Waals surface area contributed by atoms with Crippen molar-refractivity contribution < 1.29 is 9.53 Å². The van der Waals surface area contributed by atoms with Crippen LogP contribution in [0.5, 0.6) is 5.75 Å². The van der Waals surface area contributed by atoms with Crippen LogP contribution in [0.1, 0.15) is 34.1 Å². The number of nitrogens with zero attached hydrogens (tertiary/aromatic N) is 2. The van der Waals surface area contributed by atoms with Crippen LogP contribution in [0.3, 0.4) is 0 Å². The summed E-state index contributed by atoms with van der Waals surface area (Å²) < 4.78 is 7.91. The van der Waals surface area contributed by atoms with E-state index in [1.54, 1.807) is 12.4 Å². The lowest BCUT2D eigenvalue weighted by atomic mass is 10.00. The molecular formula is C24H22N2O2. The number of fused-ring (bicyclic) bond motifs is 1. The van der Waals surface area contributed by atoms with E-state index in [0.717, 1.165) is 39.9 Å². The second-order valence-electron chi connectivity index (χ2n) is 6.75. The van der Waals surface area contributed by atoms with E-state index in [1.807, 2.05) is 67.7 Å². The maximum Gasteiger partial charge on any atom is 0.195 e. The van der Waals surface area contributed by atoms with Crippen LogP contribution in [0.15, 0.2) is 73.1 Å². The number of aromatic nitrogens is 2. The first-order valence-electron chi connectivity index (χ1n) is 9.41. The highest BCUT2D eigenvalue weighted by atomic mass is 16.5. The van der Waals surface area contributed by atoms with E-state index in [-0.39, 0.29) is 5.78 Å². The van der Waals surface area contributed by atoms with Crippen molar-refractivity contribution in [3.63, 3.8) is 0 Å². The summed E-state index contributed by atoms with van der Waals surface area (Å²) >= 11 is 0. The standard InChI is InChI=1S/C24H22N2O2/c1-3-21-23(20-15-25-14-13-22(20)26(21)2)24(27)18-9-11-19(12-10-18)28-16-17-7-5-4-6-8-17/h4-15H,3,16H2,1-2H3. The third-order valence-electron chi connectivity index (χ3n) is 5.05. The van der Waals surface area contributed by atoms with Crippen LogP contribution in [-0.4, -0.2) is 15.3 Å². The fourth-order valence-corrected chi connectivity index (χ4v) is 3.60. The van der Waals surface area contributed by atoms with Crippen LogP contribution >= 0.6 is 0 Å². The summed E-state index contributed by atoms with van der Waals surface area (Å²) in [4.78, 5) is 17.5. The molecule has 0 radical (unpaired) electrons. The van der Waals surface area contributed by atoms with Gasteiger partial charge in [-0.15, -0.1) is 0 Å². The molecule has 0 saturated heterocycles.